The molecule has 2 aliphatic heterocycles. The summed E-state index contributed by atoms with van der Waals surface area (Å²) in [5.41, 5.74) is 2.06. The van der Waals surface area contributed by atoms with Crippen molar-refractivity contribution in [3.8, 4) is 17.2 Å². The number of nitrogens with one attached hydrogen (secondary N) is 5. The molecule has 4 aliphatic rings. The van der Waals surface area contributed by atoms with E-state index >= 15 is 0 Å². The van der Waals surface area contributed by atoms with Gasteiger partial charge >= 0.3 is 0 Å². The third kappa shape index (κ3) is 13.9. The minimum Gasteiger partial charge on any atom is -0.507 e. The summed E-state index contributed by atoms with van der Waals surface area (Å²) in [6.45, 7) is 5.34. The van der Waals surface area contributed by atoms with Crippen molar-refractivity contribution in [2.45, 2.75) is 159 Å². The number of nitrogens with zero attached hydrogens (tertiary/aromatic N) is 1. The number of carbonyl (C=O) groups is 9. The number of likely N-dealkylation sites (tertiary alicyclic amines) is 1. The van der Waals surface area contributed by atoms with Gasteiger partial charge in [0.05, 0.1) is 48.6 Å². The van der Waals surface area contributed by atoms with E-state index in [2.05, 4.69) is 26.6 Å². The molecule has 24 heteroatoms. The summed E-state index contributed by atoms with van der Waals surface area (Å²) in [6.07, 6.45) is -4.38. The minimum atomic E-state index is -2.45. The van der Waals surface area contributed by atoms with E-state index in [1.165, 1.54) is 44.1 Å². The Morgan fingerprint density at radius 1 is 0.866 bits per heavy atom. The largest absolute Gasteiger partial charge is 0.507 e. The van der Waals surface area contributed by atoms with Gasteiger partial charge in [0, 0.05) is 49.4 Å². The number of hydrogen-bond donors (Lipinski definition) is 11. The number of carbonyl (C=O) groups excluding carboxylic acids is 9. The number of aliphatic hydroxyl groups is 3. The normalized spacial score (nSPS) is 23.2. The highest BCUT2D eigenvalue weighted by atomic mass is 16.7. The topological polar surface area (TPSA) is 372 Å². The Kier molecular flexibility index (Phi) is 20.6. The van der Waals surface area contributed by atoms with Gasteiger partial charge in [0.1, 0.15) is 59.7 Å². The predicted octanol–water partition coefficient (Wildman–Crippen LogP) is 0.548. The van der Waals surface area contributed by atoms with Crippen molar-refractivity contribution in [2.75, 3.05) is 33.4 Å². The molecule has 7 rings (SSSR count). The quantitative estimate of drug-likeness (QED) is 0.0452. The summed E-state index contributed by atoms with van der Waals surface area (Å²) >= 11 is 0. The maximum atomic E-state index is 14.4. The van der Waals surface area contributed by atoms with Crippen LogP contribution in [0, 0.1) is 5.92 Å². The SMILES string of the molecule is COc1cccc2c1C(=O)c1c(O)c3c(c(O)c1C2=O)C[C@@](O)(C(=O)CO)C[C@@H]3O[C@H]1C[C@H](NC(=O)[C@H](CC(C)C)NC(=O)[C@H](CCc2ccccc2)NC(=O)CNC(=O)[C@H](CCCN)NC(=O)[C@@H]2CCCCN2C(C)=O)[C@H](O)[C@H](C)O1. The number of methoxy groups -OCH3 is 1. The zero-order chi connectivity index (χ0) is 59.7. The highest BCUT2D eigenvalue weighted by Gasteiger charge is 2.51. The van der Waals surface area contributed by atoms with E-state index in [9.17, 15) is 68.7 Å². The Morgan fingerprint density at radius 2 is 1.57 bits per heavy atom. The molecule has 10 atom stereocenters. The Hall–Kier alpha value is -7.35. The van der Waals surface area contributed by atoms with Gasteiger partial charge in [-0.2, -0.15) is 0 Å². The summed E-state index contributed by atoms with van der Waals surface area (Å²) in [5, 5.41) is 70.6. The first-order valence-electron chi connectivity index (χ1n) is 27.7. The number of fused-ring (bicyclic) bond motifs is 3. The Balaban J connectivity index is 1.08. The van der Waals surface area contributed by atoms with Crippen molar-refractivity contribution in [1.82, 2.24) is 31.5 Å². The highest BCUT2D eigenvalue weighted by Crippen LogP contribution is 2.52. The highest BCUT2D eigenvalue weighted by molar-refractivity contribution is 6.31. The second-order valence-corrected chi connectivity index (χ2v) is 21.9. The fourth-order valence-corrected chi connectivity index (χ4v) is 11.3. The number of phenols is 2. The Bertz CT molecular complexity index is 2920. The lowest BCUT2D eigenvalue weighted by Gasteiger charge is -2.43. The number of Topliss-reactive ketones (excluding diaryl/α,β-unsaturated/α-hetero) is 1. The molecule has 12 N–H and O–H groups in total. The standard InChI is InChI=1S/C58H75N7O17/c1-29(2)23-38(64-55(76)36(20-19-32-13-7-6-8-14-32)61-43(69)27-60-54(75)35(16-12-21-59)62-57(78)39-17-9-10-22-65(39)31(4)67)56(77)63-37-24-44(81-30(3)49(37)70)82-41-26-58(79,42(68)28-66)25-34-46(41)53(74)48-47(51(34)72)50(71)33-15-11-18-40(80-5)45(33)52(48)73/h6-8,11,13-15,18,29-30,35-39,41,44,49,66,70,72,74,79H,9-10,12,16-17,19-28,59H2,1-5H3,(H,60,75)(H,61,69)(H,62,78)(H,63,77)(H,64,76)/t30-,35-,36-,37-,38-,39-,41-,44-,49+,58-/m0/s1. The van der Waals surface area contributed by atoms with Crippen LogP contribution in [0.25, 0.3) is 0 Å². The number of phenolic OH excluding ortho intramolecular Hbond substituents is 2. The first-order chi connectivity index (χ1) is 39.0. The van der Waals surface area contributed by atoms with Crippen LogP contribution >= 0.6 is 0 Å². The first-order valence-corrected chi connectivity index (χ1v) is 27.7. The molecule has 2 saturated heterocycles. The molecule has 24 nitrogen and oxygen atoms in total. The van der Waals surface area contributed by atoms with E-state index in [4.69, 9.17) is 19.9 Å². The van der Waals surface area contributed by atoms with E-state index in [1.807, 2.05) is 44.2 Å². The number of aromatic hydroxyl groups is 2. The van der Waals surface area contributed by atoms with E-state index in [-0.39, 0.29) is 72.1 Å². The molecule has 2 fully saturated rings. The predicted molar refractivity (Wildman–Crippen MR) is 292 cm³/mol. The van der Waals surface area contributed by atoms with Crippen molar-refractivity contribution >= 4 is 52.8 Å². The van der Waals surface area contributed by atoms with Gasteiger partial charge < -0.3 is 77.0 Å². The smallest absolute Gasteiger partial charge is 0.243 e. The van der Waals surface area contributed by atoms with Gasteiger partial charge in [0.25, 0.3) is 0 Å². The third-order valence-corrected chi connectivity index (χ3v) is 15.6. The lowest BCUT2D eigenvalue weighted by molar-refractivity contribution is -0.249. The van der Waals surface area contributed by atoms with Crippen LogP contribution in [0.5, 0.6) is 17.2 Å². The van der Waals surface area contributed by atoms with Crippen LogP contribution < -0.4 is 37.1 Å². The van der Waals surface area contributed by atoms with Crippen LogP contribution in [-0.2, 0) is 55.9 Å². The zero-order valence-electron chi connectivity index (χ0n) is 46.7. The summed E-state index contributed by atoms with van der Waals surface area (Å²) < 4.78 is 17.8. The molecule has 0 saturated carbocycles. The molecule has 6 amide bonds. The van der Waals surface area contributed by atoms with Crippen LogP contribution in [0.15, 0.2) is 48.5 Å². The number of ketones is 3. The second kappa shape index (κ2) is 27.2. The van der Waals surface area contributed by atoms with Gasteiger partial charge in [-0.1, -0.05) is 56.3 Å². The number of nitrogens with two attached hydrogens (primary N) is 1. The molecule has 3 aromatic carbocycles. The number of benzene rings is 3. The van der Waals surface area contributed by atoms with Gasteiger partial charge in [0.15, 0.2) is 17.9 Å². The number of rotatable bonds is 23. The molecule has 2 aliphatic carbocycles. The van der Waals surface area contributed by atoms with E-state index in [1.54, 1.807) is 0 Å². The molecule has 0 aromatic heterocycles. The molecule has 444 valence electrons. The number of aryl methyl sites for hydroxylation is 1. The van der Waals surface area contributed by atoms with E-state index in [0.717, 1.165) is 18.4 Å². The van der Waals surface area contributed by atoms with Crippen molar-refractivity contribution in [3.05, 3.63) is 87.5 Å². The van der Waals surface area contributed by atoms with Crippen LogP contribution in [0.1, 0.15) is 140 Å². The fraction of sp³-hybridized carbons (Fsp3) is 0.534. The van der Waals surface area contributed by atoms with Crippen LogP contribution in [0.3, 0.4) is 0 Å². The molecule has 82 heavy (non-hydrogen) atoms. The summed E-state index contributed by atoms with van der Waals surface area (Å²) in [7, 11) is 1.28. The molecule has 2 heterocycles. The van der Waals surface area contributed by atoms with Crippen LogP contribution in [-0.4, -0.2) is 171 Å². The number of amides is 6. The van der Waals surface area contributed by atoms with Gasteiger partial charge in [-0.15, -0.1) is 0 Å². The fourth-order valence-electron chi connectivity index (χ4n) is 11.3. The molecule has 0 unspecified atom stereocenters. The van der Waals surface area contributed by atoms with Crippen molar-refractivity contribution in [2.24, 2.45) is 11.7 Å². The molecule has 0 spiro atoms. The third-order valence-electron chi connectivity index (χ3n) is 15.6. The molecular formula is C58H75N7O17. The zero-order valence-corrected chi connectivity index (χ0v) is 46.7. The van der Waals surface area contributed by atoms with Gasteiger partial charge in [-0.05, 0) is 82.4 Å². The average Bonchev–Trinajstić information content (AvgIpc) is 2.73. The first kappa shape index (κ1) is 62.3. The second-order valence-electron chi connectivity index (χ2n) is 21.9. The lowest BCUT2D eigenvalue weighted by Crippen LogP contribution is -2.60. The Morgan fingerprint density at radius 3 is 2.24 bits per heavy atom. The number of piperidine rings is 1. The lowest BCUT2D eigenvalue weighted by atomic mass is 9.72. The van der Waals surface area contributed by atoms with E-state index in [0.29, 0.717) is 25.8 Å². The number of hydrogen-bond acceptors (Lipinski definition) is 18. The summed E-state index contributed by atoms with van der Waals surface area (Å²) in [5.74, 6) is -8.33. The number of ether oxygens (including phenoxy) is 3. The number of aliphatic hydroxyl groups excluding tert-OH is 2. The molecule has 3 aromatic rings. The van der Waals surface area contributed by atoms with Crippen molar-refractivity contribution in [3.63, 3.8) is 0 Å². The van der Waals surface area contributed by atoms with E-state index < -0.39 is 156 Å². The molecule has 0 radical (unpaired) electrons. The minimum absolute atomic E-state index is 0.0148. The Labute approximate surface area is 474 Å². The maximum Gasteiger partial charge on any atom is 0.243 e. The maximum absolute atomic E-state index is 14.4. The van der Waals surface area contributed by atoms with Crippen LogP contribution in [0.2, 0.25) is 0 Å². The van der Waals surface area contributed by atoms with Crippen LogP contribution in [0.4, 0.5) is 0 Å². The van der Waals surface area contributed by atoms with Gasteiger partial charge in [0.2, 0.25) is 41.2 Å². The summed E-state index contributed by atoms with van der Waals surface area (Å²) in [6, 6.07) is 7.81. The van der Waals surface area contributed by atoms with Crippen molar-refractivity contribution < 1.29 is 82.9 Å². The van der Waals surface area contributed by atoms with Crippen molar-refractivity contribution in [1.29, 1.82) is 0 Å². The van der Waals surface area contributed by atoms with Gasteiger partial charge in [-0.25, -0.2) is 0 Å². The van der Waals surface area contributed by atoms with Gasteiger partial charge in [-0.3, -0.25) is 43.2 Å². The molecular weight excluding hydrogens is 1070 g/mol. The summed E-state index contributed by atoms with van der Waals surface area (Å²) in [4.78, 5) is 125. The molecule has 0 bridgehead atoms. The monoisotopic (exact) mass is 1140 g/mol. The average molecular weight is 1140 g/mol.